The lowest BCUT2D eigenvalue weighted by Gasteiger charge is -2.15. The van der Waals surface area contributed by atoms with Crippen molar-refractivity contribution >= 4 is 31.9 Å². The van der Waals surface area contributed by atoms with Crippen LogP contribution in [0, 0.1) is 0 Å². The van der Waals surface area contributed by atoms with Gasteiger partial charge in [-0.05, 0) is 15.9 Å². The van der Waals surface area contributed by atoms with Crippen LogP contribution in [-0.4, -0.2) is 43.8 Å². The van der Waals surface area contributed by atoms with Crippen molar-refractivity contribution in [1.29, 1.82) is 0 Å². The van der Waals surface area contributed by atoms with E-state index in [-0.39, 0.29) is 4.67 Å². The number of carboxylic acids is 1. The molecule has 18 heavy (non-hydrogen) atoms. The van der Waals surface area contributed by atoms with E-state index in [1.807, 2.05) is 0 Å². The Labute approximate surface area is 109 Å². The molecule has 0 aliphatic heterocycles. The van der Waals surface area contributed by atoms with Crippen molar-refractivity contribution in [3.8, 4) is 0 Å². The Hall–Kier alpha value is -1.00. The molecule has 0 aliphatic carbocycles. The van der Waals surface area contributed by atoms with Crippen molar-refractivity contribution in [2.45, 2.75) is 11.3 Å². The fraction of sp³-hybridized carbons (Fsp3) is 0.375. The first kappa shape index (κ1) is 15.1. The highest BCUT2D eigenvalue weighted by molar-refractivity contribution is 9.10. The second kappa shape index (κ2) is 5.33. The average Bonchev–Trinajstić information content (AvgIpc) is 2.59. The lowest BCUT2D eigenvalue weighted by Crippen LogP contribution is -2.31. The molecule has 6 nitrogen and oxygen atoms in total. The van der Waals surface area contributed by atoms with Gasteiger partial charge >= 0.3 is 5.97 Å². The van der Waals surface area contributed by atoms with Crippen LogP contribution in [0.5, 0.6) is 0 Å². The third kappa shape index (κ3) is 3.06. The molecule has 0 atom stereocenters. The van der Waals surface area contributed by atoms with Crippen LogP contribution in [0.4, 0.5) is 8.78 Å². The molecule has 0 saturated carbocycles. The molecule has 0 spiro atoms. The van der Waals surface area contributed by atoms with Crippen molar-refractivity contribution in [3.05, 3.63) is 16.5 Å². The minimum Gasteiger partial charge on any atom is -0.475 e. The van der Waals surface area contributed by atoms with Crippen molar-refractivity contribution in [1.82, 2.24) is 4.31 Å². The number of carbonyl (C=O) groups is 1. The number of hydrogen-bond acceptors (Lipinski definition) is 4. The highest BCUT2D eigenvalue weighted by Gasteiger charge is 2.30. The van der Waals surface area contributed by atoms with Gasteiger partial charge in [0, 0.05) is 13.1 Å². The summed E-state index contributed by atoms with van der Waals surface area (Å²) in [4.78, 5) is 10.1. The van der Waals surface area contributed by atoms with E-state index in [1.165, 1.54) is 0 Å². The Bertz CT molecular complexity index is 556. The van der Waals surface area contributed by atoms with Crippen molar-refractivity contribution in [2.24, 2.45) is 0 Å². The van der Waals surface area contributed by atoms with E-state index in [9.17, 15) is 22.0 Å². The number of furan rings is 1. The van der Waals surface area contributed by atoms with E-state index in [0.29, 0.717) is 4.31 Å². The normalized spacial score (nSPS) is 12.3. The summed E-state index contributed by atoms with van der Waals surface area (Å²) >= 11 is 2.73. The van der Waals surface area contributed by atoms with Crippen LogP contribution < -0.4 is 0 Å². The number of aromatic carboxylic acids is 1. The minimum atomic E-state index is -4.23. The minimum absolute atomic E-state index is 0.346. The summed E-state index contributed by atoms with van der Waals surface area (Å²) in [5.74, 6) is -2.07. The molecular formula is C8H8BrF2NO5S. The highest BCUT2D eigenvalue weighted by Crippen LogP contribution is 2.28. The van der Waals surface area contributed by atoms with Gasteiger partial charge in [-0.1, -0.05) is 0 Å². The molecule has 102 valence electrons. The van der Waals surface area contributed by atoms with E-state index in [0.717, 1.165) is 13.1 Å². The Balaban J connectivity index is 3.16. The number of rotatable bonds is 5. The van der Waals surface area contributed by atoms with Crippen LogP contribution in [0.3, 0.4) is 0 Å². The standard InChI is InChI=1S/C8H8BrF2NO5S/c1-12(3-6(10)11)18(15,16)5-2-4(8(13)14)17-7(5)9/h2,6H,3H2,1H3,(H,13,14). The van der Waals surface area contributed by atoms with Crippen LogP contribution in [0.25, 0.3) is 0 Å². The molecule has 0 amide bonds. The Morgan fingerprint density at radius 2 is 2.17 bits per heavy atom. The van der Waals surface area contributed by atoms with Gasteiger partial charge in [0.15, 0.2) is 4.67 Å². The summed E-state index contributed by atoms with van der Waals surface area (Å²) in [6, 6.07) is 0.754. The number of halogens is 3. The zero-order chi connectivity index (χ0) is 14.1. The van der Waals surface area contributed by atoms with Gasteiger partial charge in [0.2, 0.25) is 15.8 Å². The van der Waals surface area contributed by atoms with Crippen LogP contribution in [0.2, 0.25) is 0 Å². The van der Waals surface area contributed by atoms with Crippen molar-refractivity contribution < 1.29 is 31.5 Å². The molecule has 1 rings (SSSR count). The van der Waals surface area contributed by atoms with Crippen LogP contribution in [-0.2, 0) is 10.0 Å². The van der Waals surface area contributed by atoms with Crippen LogP contribution >= 0.6 is 15.9 Å². The fourth-order valence-corrected chi connectivity index (χ4v) is 3.14. The summed E-state index contributed by atoms with van der Waals surface area (Å²) in [6.45, 7) is -0.998. The molecule has 1 N–H and O–H groups in total. The monoisotopic (exact) mass is 347 g/mol. The molecule has 10 heteroatoms. The molecule has 0 aromatic carbocycles. The van der Waals surface area contributed by atoms with Gasteiger partial charge in [-0.15, -0.1) is 0 Å². The summed E-state index contributed by atoms with van der Waals surface area (Å²) < 4.78 is 52.6. The number of hydrogen-bond donors (Lipinski definition) is 1. The largest absolute Gasteiger partial charge is 0.475 e. The second-order valence-corrected chi connectivity index (χ2v) is 5.96. The van der Waals surface area contributed by atoms with Gasteiger partial charge in [-0.2, -0.15) is 4.31 Å². The quantitative estimate of drug-likeness (QED) is 0.874. The van der Waals surface area contributed by atoms with Gasteiger partial charge in [0.25, 0.3) is 6.43 Å². The topological polar surface area (TPSA) is 87.8 Å². The summed E-state index contributed by atoms with van der Waals surface area (Å²) in [7, 11) is -3.27. The molecule has 1 heterocycles. The number of alkyl halides is 2. The van der Waals surface area contributed by atoms with E-state index < -0.39 is 39.6 Å². The smallest absolute Gasteiger partial charge is 0.371 e. The molecule has 0 aliphatic rings. The lowest BCUT2D eigenvalue weighted by atomic mass is 10.5. The number of carboxylic acid groups (broad SMARTS) is 1. The van der Waals surface area contributed by atoms with Crippen LogP contribution in [0.1, 0.15) is 10.6 Å². The van der Waals surface area contributed by atoms with Gasteiger partial charge in [-0.25, -0.2) is 22.0 Å². The first-order valence-corrected chi connectivity index (χ1v) is 6.66. The first-order valence-electron chi connectivity index (χ1n) is 4.43. The maximum atomic E-state index is 12.1. The lowest BCUT2D eigenvalue weighted by molar-refractivity contribution is 0.0661. The number of nitrogens with zero attached hydrogens (tertiary/aromatic N) is 1. The van der Waals surface area contributed by atoms with Gasteiger partial charge in [0.05, 0.1) is 6.54 Å². The van der Waals surface area contributed by atoms with Gasteiger partial charge in [-0.3, -0.25) is 0 Å². The average molecular weight is 348 g/mol. The second-order valence-electron chi connectivity index (χ2n) is 3.23. The van der Waals surface area contributed by atoms with Gasteiger partial charge < -0.3 is 9.52 Å². The Kier molecular flexibility index (Phi) is 4.46. The van der Waals surface area contributed by atoms with Crippen molar-refractivity contribution in [2.75, 3.05) is 13.6 Å². The molecule has 0 fully saturated rings. The van der Waals surface area contributed by atoms with Crippen molar-refractivity contribution in [3.63, 3.8) is 0 Å². The van der Waals surface area contributed by atoms with Crippen LogP contribution in [0.15, 0.2) is 20.0 Å². The molecular weight excluding hydrogens is 340 g/mol. The third-order valence-electron chi connectivity index (χ3n) is 1.95. The molecule has 0 saturated heterocycles. The summed E-state index contributed by atoms with van der Waals surface area (Å²) in [5, 5.41) is 8.63. The maximum absolute atomic E-state index is 12.1. The third-order valence-corrected chi connectivity index (χ3v) is 4.63. The fourth-order valence-electron chi connectivity index (χ4n) is 1.09. The molecule has 0 bridgehead atoms. The number of sulfonamides is 1. The van der Waals surface area contributed by atoms with Gasteiger partial charge in [0.1, 0.15) is 4.90 Å². The predicted molar refractivity (Wildman–Crippen MR) is 59.2 cm³/mol. The summed E-state index contributed by atoms with van der Waals surface area (Å²) in [6.07, 6.45) is -2.84. The Morgan fingerprint density at radius 3 is 2.56 bits per heavy atom. The Morgan fingerprint density at radius 1 is 1.61 bits per heavy atom. The zero-order valence-electron chi connectivity index (χ0n) is 8.93. The van der Waals surface area contributed by atoms with E-state index in [2.05, 4.69) is 20.3 Å². The SMILES string of the molecule is CN(CC(F)F)S(=O)(=O)c1cc(C(=O)O)oc1Br. The maximum Gasteiger partial charge on any atom is 0.371 e. The predicted octanol–water partition coefficient (Wildman–Crippen LogP) is 1.63. The molecule has 0 unspecified atom stereocenters. The molecule has 1 aromatic rings. The van der Waals surface area contributed by atoms with E-state index in [4.69, 9.17) is 5.11 Å². The van der Waals surface area contributed by atoms with E-state index >= 15 is 0 Å². The first-order chi connectivity index (χ1) is 8.16. The zero-order valence-corrected chi connectivity index (χ0v) is 11.3. The molecule has 1 aromatic heterocycles. The molecule has 0 radical (unpaired) electrons. The highest BCUT2D eigenvalue weighted by atomic mass is 79.9. The van der Waals surface area contributed by atoms with E-state index in [1.54, 1.807) is 0 Å². The summed E-state index contributed by atoms with van der Waals surface area (Å²) in [5.41, 5.74) is 0.